The molecule has 0 aromatic rings. The molecule has 0 spiro atoms. The van der Waals surface area contributed by atoms with Crippen molar-refractivity contribution in [1.29, 1.82) is 0 Å². The molecule has 0 aromatic heterocycles. The van der Waals surface area contributed by atoms with Gasteiger partial charge in [0.05, 0.1) is 0 Å². The first-order valence-corrected chi connectivity index (χ1v) is 5.04. The molecule has 0 saturated carbocycles. The van der Waals surface area contributed by atoms with Gasteiger partial charge in [0.1, 0.15) is 0 Å². The summed E-state index contributed by atoms with van der Waals surface area (Å²) in [4.78, 5) is 0. The van der Waals surface area contributed by atoms with Gasteiger partial charge in [0, 0.05) is 6.42 Å². The van der Waals surface area contributed by atoms with Gasteiger partial charge >= 0.3 is 0 Å². The minimum Gasteiger partial charge on any atom is -0.0841 e. The van der Waals surface area contributed by atoms with Gasteiger partial charge in [0.15, 0.2) is 0 Å². The van der Waals surface area contributed by atoms with Gasteiger partial charge in [0.25, 0.3) is 0 Å². The van der Waals surface area contributed by atoms with Crippen molar-refractivity contribution in [2.24, 2.45) is 0 Å². The van der Waals surface area contributed by atoms with Crippen molar-refractivity contribution < 1.29 is 0 Å². The molecular formula is C13H13. The Morgan fingerprint density at radius 3 is 1.62 bits per heavy atom. The van der Waals surface area contributed by atoms with Gasteiger partial charge in [-0.25, -0.2) is 0 Å². The molecule has 0 heteroatoms. The Bertz CT molecular complexity index is 325. The molecule has 0 saturated heterocycles. The fourth-order valence-electron chi connectivity index (χ4n) is 2.47. The first-order chi connectivity index (χ1) is 6.45. The Labute approximate surface area is 79.3 Å². The highest BCUT2D eigenvalue weighted by atomic mass is 14.3. The highest BCUT2D eigenvalue weighted by molar-refractivity contribution is 5.59. The maximum atomic E-state index is 2.41. The van der Waals surface area contributed by atoms with E-state index in [4.69, 9.17) is 0 Å². The zero-order valence-corrected chi connectivity index (χ0v) is 7.72. The Morgan fingerprint density at radius 2 is 1.08 bits per heavy atom. The smallest absolute Gasteiger partial charge is 0.0129 e. The fraction of sp³-hybridized carbons (Fsp3) is 0.308. The van der Waals surface area contributed by atoms with E-state index in [-0.39, 0.29) is 0 Å². The summed E-state index contributed by atoms with van der Waals surface area (Å²) in [5, 5.41) is 0. The summed E-state index contributed by atoms with van der Waals surface area (Å²) in [7, 11) is 0. The van der Waals surface area contributed by atoms with E-state index in [1.165, 1.54) is 12.8 Å². The van der Waals surface area contributed by atoms with Crippen LogP contribution in [0.15, 0.2) is 46.6 Å². The number of hydrogen-bond donors (Lipinski definition) is 0. The first-order valence-electron chi connectivity index (χ1n) is 5.04. The van der Waals surface area contributed by atoms with Crippen molar-refractivity contribution in [2.75, 3.05) is 0 Å². The van der Waals surface area contributed by atoms with Gasteiger partial charge in [-0.3, -0.25) is 0 Å². The average molecular weight is 169 g/mol. The van der Waals surface area contributed by atoms with Crippen molar-refractivity contribution in [1.82, 2.24) is 0 Å². The maximum Gasteiger partial charge on any atom is 0.0129 e. The molecule has 1 radical (unpaired) electrons. The van der Waals surface area contributed by atoms with E-state index >= 15 is 0 Å². The van der Waals surface area contributed by atoms with Gasteiger partial charge in [-0.1, -0.05) is 35.5 Å². The minimum absolute atomic E-state index is 1.16. The van der Waals surface area contributed by atoms with Crippen molar-refractivity contribution in [3.8, 4) is 0 Å². The Kier molecular flexibility index (Phi) is 1.55. The Balaban J connectivity index is 1.97. The van der Waals surface area contributed by atoms with Crippen molar-refractivity contribution in [3.63, 3.8) is 0 Å². The van der Waals surface area contributed by atoms with Crippen LogP contribution in [0.5, 0.6) is 0 Å². The van der Waals surface area contributed by atoms with E-state index in [0.717, 1.165) is 12.8 Å². The largest absolute Gasteiger partial charge is 0.0841 e. The molecule has 3 aliphatic carbocycles. The van der Waals surface area contributed by atoms with Gasteiger partial charge < -0.3 is 0 Å². The second-order valence-corrected chi connectivity index (χ2v) is 3.91. The van der Waals surface area contributed by atoms with E-state index in [9.17, 15) is 0 Å². The molecule has 65 valence electrons. The molecule has 0 fully saturated rings. The van der Waals surface area contributed by atoms with E-state index < -0.39 is 0 Å². The van der Waals surface area contributed by atoms with Crippen LogP contribution in [0.1, 0.15) is 25.7 Å². The molecular weight excluding hydrogens is 156 g/mol. The van der Waals surface area contributed by atoms with Crippen LogP contribution >= 0.6 is 0 Å². The zero-order valence-electron chi connectivity index (χ0n) is 7.72. The molecule has 0 amide bonds. The Hall–Kier alpha value is -1.04. The van der Waals surface area contributed by atoms with Crippen molar-refractivity contribution in [2.45, 2.75) is 25.7 Å². The molecule has 0 heterocycles. The molecule has 3 aliphatic rings. The number of fused-ring (bicyclic) bond motifs is 1. The lowest BCUT2D eigenvalue weighted by Gasteiger charge is -2.13. The highest BCUT2D eigenvalue weighted by Crippen LogP contribution is 2.42. The van der Waals surface area contributed by atoms with Crippen LogP contribution in [-0.4, -0.2) is 0 Å². The van der Waals surface area contributed by atoms with Gasteiger partial charge in [0.2, 0.25) is 0 Å². The average Bonchev–Trinajstić information content (AvgIpc) is 2.56. The second-order valence-electron chi connectivity index (χ2n) is 3.91. The van der Waals surface area contributed by atoms with Crippen LogP contribution in [0.2, 0.25) is 0 Å². The SMILES string of the molecule is [CH]1C2=C(CC=CC2)C2=C1CC=CC2. The predicted molar refractivity (Wildman–Crippen MR) is 55.1 cm³/mol. The van der Waals surface area contributed by atoms with Crippen LogP contribution in [0.3, 0.4) is 0 Å². The molecule has 0 aromatic carbocycles. The second kappa shape index (κ2) is 2.73. The minimum atomic E-state index is 1.16. The maximum absolute atomic E-state index is 2.41. The quantitative estimate of drug-likeness (QED) is 0.487. The van der Waals surface area contributed by atoms with Crippen LogP contribution in [0, 0.1) is 6.42 Å². The lowest BCUT2D eigenvalue weighted by Crippen LogP contribution is -1.93. The van der Waals surface area contributed by atoms with Crippen molar-refractivity contribution in [3.05, 3.63) is 53.0 Å². The number of allylic oxidation sites excluding steroid dienone is 8. The molecule has 13 heavy (non-hydrogen) atoms. The summed E-state index contributed by atoms with van der Waals surface area (Å²) in [5.41, 5.74) is 6.41. The lowest BCUT2D eigenvalue weighted by atomic mass is 9.93. The van der Waals surface area contributed by atoms with Gasteiger partial charge in [-0.05, 0) is 36.8 Å². The van der Waals surface area contributed by atoms with Crippen LogP contribution in [0.25, 0.3) is 0 Å². The lowest BCUT2D eigenvalue weighted by molar-refractivity contribution is 1.05. The monoisotopic (exact) mass is 169 g/mol. The predicted octanol–water partition coefficient (Wildman–Crippen LogP) is 3.50. The summed E-state index contributed by atoms with van der Waals surface area (Å²) < 4.78 is 0. The summed E-state index contributed by atoms with van der Waals surface area (Å²) in [6.07, 6.45) is 16.3. The molecule has 0 nitrogen and oxygen atoms in total. The number of hydrogen-bond acceptors (Lipinski definition) is 0. The zero-order chi connectivity index (χ0) is 8.67. The fourth-order valence-corrected chi connectivity index (χ4v) is 2.47. The summed E-state index contributed by atoms with van der Waals surface area (Å²) in [6, 6.07) is 0. The molecule has 0 N–H and O–H groups in total. The molecule has 0 aliphatic heterocycles. The third-order valence-corrected chi connectivity index (χ3v) is 3.14. The number of rotatable bonds is 0. The van der Waals surface area contributed by atoms with E-state index in [1.807, 2.05) is 0 Å². The third-order valence-electron chi connectivity index (χ3n) is 3.14. The summed E-state index contributed by atoms with van der Waals surface area (Å²) in [6.45, 7) is 0. The van der Waals surface area contributed by atoms with Crippen LogP contribution in [-0.2, 0) is 0 Å². The summed E-state index contributed by atoms with van der Waals surface area (Å²) >= 11 is 0. The molecule has 3 rings (SSSR count). The van der Waals surface area contributed by atoms with E-state index in [1.54, 1.807) is 22.3 Å². The third kappa shape index (κ3) is 1.05. The van der Waals surface area contributed by atoms with E-state index in [2.05, 4.69) is 30.7 Å². The normalized spacial score (nSPS) is 25.2. The molecule has 0 bridgehead atoms. The first kappa shape index (κ1) is 7.37. The van der Waals surface area contributed by atoms with Gasteiger partial charge in [-0.15, -0.1) is 0 Å². The molecule has 0 atom stereocenters. The topological polar surface area (TPSA) is 0 Å². The Morgan fingerprint density at radius 1 is 0.615 bits per heavy atom. The molecule has 0 unspecified atom stereocenters. The summed E-state index contributed by atoms with van der Waals surface area (Å²) in [5.74, 6) is 0. The van der Waals surface area contributed by atoms with Gasteiger partial charge in [-0.2, -0.15) is 0 Å². The van der Waals surface area contributed by atoms with Crippen LogP contribution < -0.4 is 0 Å². The van der Waals surface area contributed by atoms with Crippen LogP contribution in [0.4, 0.5) is 0 Å². The highest BCUT2D eigenvalue weighted by Gasteiger charge is 2.24. The standard InChI is InChI=1S/C13H13/c1-3-7-12-10(5-1)9-11-6-2-4-8-13(11)12/h1-4,9H,5-8H2. The van der Waals surface area contributed by atoms with Crippen molar-refractivity contribution >= 4 is 0 Å². The van der Waals surface area contributed by atoms with E-state index in [0.29, 0.717) is 0 Å².